The number of fused-ring (bicyclic) bond motifs is 1. The number of hydrogen-bond donors (Lipinski definition) is 1. The molecule has 0 saturated heterocycles. The van der Waals surface area contributed by atoms with Crippen LogP contribution in [0.2, 0.25) is 10.0 Å². The molecule has 5 atom stereocenters. The predicted molar refractivity (Wildman–Crippen MR) is 146 cm³/mol. The SMILES string of the molecule is CC1(NC(=O)c2cn(Cc3ccc(Cl)cc3Cl)n(-c3ccc(Br)cc3)c2=O)CC2CC3CC(C1)C3C2. The summed E-state index contributed by atoms with van der Waals surface area (Å²) in [4.78, 5) is 27.3. The van der Waals surface area contributed by atoms with Crippen molar-refractivity contribution in [2.45, 2.75) is 51.1 Å². The van der Waals surface area contributed by atoms with Crippen LogP contribution < -0.4 is 10.9 Å². The number of hydrogen-bond acceptors (Lipinski definition) is 2. The van der Waals surface area contributed by atoms with Crippen molar-refractivity contribution < 1.29 is 4.79 Å². The minimum atomic E-state index is -0.345. The molecule has 3 fully saturated rings. The zero-order valence-corrected chi connectivity index (χ0v) is 23.1. The molecule has 1 heterocycles. The van der Waals surface area contributed by atoms with Crippen molar-refractivity contribution in [3.8, 4) is 5.69 Å². The van der Waals surface area contributed by atoms with E-state index < -0.39 is 0 Å². The van der Waals surface area contributed by atoms with Crippen molar-refractivity contribution in [1.82, 2.24) is 14.7 Å². The van der Waals surface area contributed by atoms with Crippen molar-refractivity contribution in [2.75, 3.05) is 0 Å². The maximum Gasteiger partial charge on any atom is 0.284 e. The first-order valence-electron chi connectivity index (χ1n) is 12.5. The first-order chi connectivity index (χ1) is 17.2. The fourth-order valence-electron chi connectivity index (χ4n) is 7.07. The van der Waals surface area contributed by atoms with Crippen molar-refractivity contribution in [1.29, 1.82) is 0 Å². The number of halogens is 3. The topological polar surface area (TPSA) is 56.0 Å². The molecule has 3 aliphatic carbocycles. The van der Waals surface area contributed by atoms with Crippen LogP contribution in [0.1, 0.15) is 54.9 Å². The van der Waals surface area contributed by atoms with Crippen LogP contribution in [0.5, 0.6) is 0 Å². The monoisotopic (exact) mass is 587 g/mol. The molecule has 6 rings (SSSR count). The molecule has 1 amide bonds. The third-order valence-corrected chi connectivity index (χ3v) is 9.66. The van der Waals surface area contributed by atoms with Crippen LogP contribution in [0.15, 0.2) is 57.9 Å². The smallest absolute Gasteiger partial charge is 0.284 e. The molecule has 3 saturated carbocycles. The lowest BCUT2D eigenvalue weighted by atomic mass is 9.62. The van der Waals surface area contributed by atoms with E-state index in [0.717, 1.165) is 34.7 Å². The normalized spacial score (nSPS) is 28.4. The molecule has 1 aromatic heterocycles. The highest BCUT2D eigenvalue weighted by atomic mass is 79.9. The van der Waals surface area contributed by atoms with Gasteiger partial charge < -0.3 is 5.32 Å². The molecule has 2 bridgehead atoms. The Morgan fingerprint density at radius 2 is 1.86 bits per heavy atom. The summed E-state index contributed by atoms with van der Waals surface area (Å²) in [6.07, 6.45) is 7.52. The van der Waals surface area contributed by atoms with Crippen LogP contribution in [0.3, 0.4) is 0 Å². The molecule has 36 heavy (non-hydrogen) atoms. The minimum Gasteiger partial charge on any atom is -0.347 e. The maximum atomic E-state index is 13.7. The van der Waals surface area contributed by atoms with Gasteiger partial charge in [0.05, 0.1) is 12.2 Å². The predicted octanol–water partition coefficient (Wildman–Crippen LogP) is 6.70. The summed E-state index contributed by atoms with van der Waals surface area (Å²) in [6, 6.07) is 12.8. The number of nitrogens with zero attached hydrogens (tertiary/aromatic N) is 2. The van der Waals surface area contributed by atoms with Gasteiger partial charge in [-0.3, -0.25) is 14.3 Å². The van der Waals surface area contributed by atoms with Gasteiger partial charge in [-0.25, -0.2) is 4.68 Å². The zero-order chi connectivity index (χ0) is 25.2. The summed E-state index contributed by atoms with van der Waals surface area (Å²) in [5.41, 5.74) is 0.988. The van der Waals surface area contributed by atoms with Gasteiger partial charge in [-0.1, -0.05) is 45.2 Å². The van der Waals surface area contributed by atoms with Crippen LogP contribution in [0, 0.1) is 23.7 Å². The van der Waals surface area contributed by atoms with E-state index in [1.54, 1.807) is 27.7 Å². The van der Waals surface area contributed by atoms with Gasteiger partial charge in [-0.15, -0.1) is 0 Å². The number of aromatic nitrogens is 2. The molecule has 0 radical (unpaired) electrons. The third-order valence-electron chi connectivity index (χ3n) is 8.55. The van der Waals surface area contributed by atoms with Gasteiger partial charge in [0.15, 0.2) is 0 Å². The number of amides is 1. The van der Waals surface area contributed by atoms with Crippen LogP contribution in [-0.2, 0) is 6.54 Å². The lowest BCUT2D eigenvalue weighted by molar-refractivity contribution is 0.0570. The van der Waals surface area contributed by atoms with Crippen LogP contribution in [0.4, 0.5) is 0 Å². The molecule has 188 valence electrons. The molecule has 1 N–H and O–H groups in total. The summed E-state index contributed by atoms with van der Waals surface area (Å²) < 4.78 is 4.20. The van der Waals surface area contributed by atoms with Crippen molar-refractivity contribution >= 4 is 45.0 Å². The fraction of sp³-hybridized carbons (Fsp3) is 0.429. The minimum absolute atomic E-state index is 0.144. The number of carbonyl (C=O) groups is 1. The summed E-state index contributed by atoms with van der Waals surface area (Å²) in [6.45, 7) is 2.48. The summed E-state index contributed by atoms with van der Waals surface area (Å²) in [7, 11) is 0. The average Bonchev–Trinajstić information content (AvgIpc) is 3.27. The van der Waals surface area contributed by atoms with Gasteiger partial charge in [0.2, 0.25) is 0 Å². The highest BCUT2D eigenvalue weighted by Gasteiger charge is 2.53. The molecule has 3 aliphatic rings. The van der Waals surface area contributed by atoms with Gasteiger partial charge >= 0.3 is 0 Å². The Hall–Kier alpha value is -2.02. The second-order valence-electron chi connectivity index (χ2n) is 11.1. The van der Waals surface area contributed by atoms with E-state index in [4.69, 9.17) is 23.2 Å². The Bertz CT molecular complexity index is 1390. The molecular weight excluding hydrogens is 561 g/mol. The maximum absolute atomic E-state index is 13.7. The Morgan fingerprint density at radius 3 is 2.61 bits per heavy atom. The standard InChI is InChI=1S/C28H28BrCl2N3O2/c1-28(12-16-8-18-10-19(13-28)23(18)9-16)32-26(35)24-15-33(14-17-2-5-21(30)11-25(17)31)34(27(24)36)22-6-3-20(29)4-7-22/h2-7,11,15-16,18-19,23H,8-10,12-14H2,1H3,(H,32,35). The van der Waals surface area contributed by atoms with E-state index in [2.05, 4.69) is 28.2 Å². The second-order valence-corrected chi connectivity index (χ2v) is 12.9. The fourth-order valence-corrected chi connectivity index (χ4v) is 7.81. The van der Waals surface area contributed by atoms with Crippen molar-refractivity contribution in [2.24, 2.45) is 23.7 Å². The molecule has 0 aliphatic heterocycles. The number of carbonyl (C=O) groups excluding carboxylic acids is 1. The Labute approximate surface area is 228 Å². The summed E-state index contributed by atoms with van der Waals surface area (Å²) >= 11 is 16.0. The Kier molecular flexibility index (Phi) is 6.13. The van der Waals surface area contributed by atoms with E-state index in [-0.39, 0.29) is 22.6 Å². The quantitative estimate of drug-likeness (QED) is 0.360. The summed E-state index contributed by atoms with van der Waals surface area (Å²) in [5.74, 6) is 2.82. The zero-order valence-electron chi connectivity index (χ0n) is 20.0. The highest BCUT2D eigenvalue weighted by molar-refractivity contribution is 9.10. The van der Waals surface area contributed by atoms with Crippen LogP contribution in [0.25, 0.3) is 5.69 Å². The average molecular weight is 589 g/mol. The van der Waals surface area contributed by atoms with Gasteiger partial charge in [0, 0.05) is 26.3 Å². The lowest BCUT2D eigenvalue weighted by Crippen LogP contribution is -2.51. The molecule has 5 unspecified atom stereocenters. The molecule has 5 nitrogen and oxygen atoms in total. The molecule has 3 aromatic rings. The number of benzene rings is 2. The van der Waals surface area contributed by atoms with E-state index in [0.29, 0.717) is 34.1 Å². The van der Waals surface area contributed by atoms with E-state index in [1.165, 1.54) is 19.3 Å². The largest absolute Gasteiger partial charge is 0.347 e. The van der Waals surface area contributed by atoms with Crippen molar-refractivity contribution in [3.63, 3.8) is 0 Å². The number of rotatable bonds is 5. The Balaban J connectivity index is 1.34. The molecule has 8 heteroatoms. The first-order valence-corrected chi connectivity index (χ1v) is 14.1. The summed E-state index contributed by atoms with van der Waals surface area (Å²) in [5, 5.41) is 4.36. The van der Waals surface area contributed by atoms with Gasteiger partial charge in [0.1, 0.15) is 5.56 Å². The van der Waals surface area contributed by atoms with Crippen molar-refractivity contribution in [3.05, 3.63) is 84.7 Å². The Morgan fingerprint density at radius 1 is 1.08 bits per heavy atom. The third kappa shape index (κ3) is 4.35. The lowest BCUT2D eigenvalue weighted by Gasteiger charge is -2.46. The van der Waals surface area contributed by atoms with Crippen LogP contribution >= 0.6 is 39.1 Å². The second kappa shape index (κ2) is 9.07. The van der Waals surface area contributed by atoms with Gasteiger partial charge in [-0.2, -0.15) is 0 Å². The van der Waals surface area contributed by atoms with Crippen LogP contribution in [-0.4, -0.2) is 20.8 Å². The van der Waals surface area contributed by atoms with Gasteiger partial charge in [0.25, 0.3) is 11.5 Å². The highest BCUT2D eigenvalue weighted by Crippen LogP contribution is 2.60. The molecular formula is C28H28BrCl2N3O2. The molecule has 2 aromatic carbocycles. The first kappa shape index (κ1) is 24.3. The van der Waals surface area contributed by atoms with Gasteiger partial charge in [-0.05, 0) is 105 Å². The number of nitrogens with one attached hydrogen (secondary N) is 1. The van der Waals surface area contributed by atoms with E-state index in [9.17, 15) is 9.59 Å². The van der Waals surface area contributed by atoms with E-state index >= 15 is 0 Å². The molecule has 0 spiro atoms. The van der Waals surface area contributed by atoms with E-state index in [1.807, 2.05) is 30.3 Å².